The zero-order chi connectivity index (χ0) is 13.1. The maximum absolute atomic E-state index is 11.8. The summed E-state index contributed by atoms with van der Waals surface area (Å²) in [5.74, 6) is 0.295. The van der Waals surface area contributed by atoms with E-state index in [0.29, 0.717) is 5.92 Å². The molecule has 1 fully saturated rings. The lowest BCUT2D eigenvalue weighted by molar-refractivity contribution is -0.173. The maximum Gasteiger partial charge on any atom is 0.335 e. The Kier molecular flexibility index (Phi) is 4.99. The first kappa shape index (κ1) is 14.5. The lowest BCUT2D eigenvalue weighted by atomic mass is 9.88. The van der Waals surface area contributed by atoms with Gasteiger partial charge in [-0.05, 0) is 46.5 Å². The molecule has 1 aliphatic carbocycles. The lowest BCUT2D eigenvalue weighted by Crippen LogP contribution is -2.36. The molecule has 0 amide bonds. The van der Waals surface area contributed by atoms with Crippen molar-refractivity contribution in [1.29, 1.82) is 0 Å². The molecule has 0 saturated heterocycles. The summed E-state index contributed by atoms with van der Waals surface area (Å²) in [5, 5.41) is 0. The molecule has 0 bridgehead atoms. The number of ether oxygens (including phenoxy) is 2. The van der Waals surface area contributed by atoms with E-state index < -0.39 is 11.7 Å². The van der Waals surface area contributed by atoms with Gasteiger partial charge in [0.05, 0.1) is 6.10 Å². The largest absolute Gasteiger partial charge is 0.458 e. The standard InChI is InChI=1S/C14H26O3/c1-10-8-6-7-9-12(10)16-11(2)13(15)17-14(3,4)5/h10-12H,6-9H2,1-5H3. The first-order valence-corrected chi connectivity index (χ1v) is 6.68. The first-order chi connectivity index (χ1) is 7.79. The highest BCUT2D eigenvalue weighted by atomic mass is 16.6. The van der Waals surface area contributed by atoms with Crippen LogP contribution in [0.1, 0.15) is 60.3 Å². The Labute approximate surface area is 105 Å². The number of esters is 1. The van der Waals surface area contributed by atoms with Crippen molar-refractivity contribution in [2.45, 2.75) is 78.1 Å². The number of carbonyl (C=O) groups is 1. The number of carbonyl (C=O) groups excluding carboxylic acids is 1. The van der Waals surface area contributed by atoms with E-state index in [1.165, 1.54) is 19.3 Å². The predicted octanol–water partition coefficient (Wildman–Crippen LogP) is 3.31. The van der Waals surface area contributed by atoms with E-state index in [0.717, 1.165) is 6.42 Å². The third kappa shape index (κ3) is 5.07. The second kappa shape index (κ2) is 5.85. The minimum Gasteiger partial charge on any atom is -0.458 e. The molecule has 0 N–H and O–H groups in total. The van der Waals surface area contributed by atoms with Gasteiger partial charge < -0.3 is 9.47 Å². The van der Waals surface area contributed by atoms with Crippen molar-refractivity contribution < 1.29 is 14.3 Å². The summed E-state index contributed by atoms with van der Waals surface area (Å²) in [5.41, 5.74) is -0.438. The molecule has 0 aromatic carbocycles. The van der Waals surface area contributed by atoms with Gasteiger partial charge in [-0.2, -0.15) is 0 Å². The van der Waals surface area contributed by atoms with Crippen LogP contribution < -0.4 is 0 Å². The minimum absolute atomic E-state index is 0.214. The van der Waals surface area contributed by atoms with Gasteiger partial charge in [-0.3, -0.25) is 0 Å². The van der Waals surface area contributed by atoms with Crippen LogP contribution in [0.3, 0.4) is 0 Å². The van der Waals surface area contributed by atoms with Gasteiger partial charge in [-0.25, -0.2) is 4.79 Å². The van der Waals surface area contributed by atoms with Gasteiger partial charge in [0.2, 0.25) is 0 Å². The monoisotopic (exact) mass is 242 g/mol. The Bertz CT molecular complexity index is 255. The van der Waals surface area contributed by atoms with Crippen LogP contribution in [-0.2, 0) is 14.3 Å². The fourth-order valence-corrected chi connectivity index (χ4v) is 2.19. The van der Waals surface area contributed by atoms with Crippen molar-refractivity contribution in [3.63, 3.8) is 0 Å². The van der Waals surface area contributed by atoms with Crippen LogP contribution in [0.4, 0.5) is 0 Å². The molecule has 3 nitrogen and oxygen atoms in total. The second-order valence-electron chi connectivity index (χ2n) is 6.11. The van der Waals surface area contributed by atoms with Crippen molar-refractivity contribution in [3.8, 4) is 0 Å². The molecule has 0 spiro atoms. The maximum atomic E-state index is 11.8. The summed E-state index contributed by atoms with van der Waals surface area (Å²) in [7, 11) is 0. The molecule has 3 heteroatoms. The van der Waals surface area contributed by atoms with Gasteiger partial charge in [0.1, 0.15) is 5.60 Å². The Balaban J connectivity index is 2.42. The zero-order valence-electron chi connectivity index (χ0n) is 11.8. The van der Waals surface area contributed by atoms with Crippen LogP contribution in [0.2, 0.25) is 0 Å². The van der Waals surface area contributed by atoms with Gasteiger partial charge in [0.15, 0.2) is 6.10 Å². The predicted molar refractivity (Wildman–Crippen MR) is 67.8 cm³/mol. The average Bonchev–Trinajstić information content (AvgIpc) is 2.18. The van der Waals surface area contributed by atoms with Gasteiger partial charge in [-0.15, -0.1) is 0 Å². The van der Waals surface area contributed by atoms with Crippen LogP contribution in [0.25, 0.3) is 0 Å². The molecule has 0 radical (unpaired) electrons. The molecule has 0 aliphatic heterocycles. The molecule has 0 heterocycles. The van der Waals surface area contributed by atoms with Gasteiger partial charge in [-0.1, -0.05) is 19.8 Å². The summed E-state index contributed by atoms with van der Waals surface area (Å²) < 4.78 is 11.1. The molecule has 100 valence electrons. The Morgan fingerprint density at radius 1 is 1.24 bits per heavy atom. The lowest BCUT2D eigenvalue weighted by Gasteiger charge is -2.31. The Hall–Kier alpha value is -0.570. The fourth-order valence-electron chi connectivity index (χ4n) is 2.19. The molecule has 3 atom stereocenters. The highest BCUT2D eigenvalue weighted by Gasteiger charge is 2.28. The Morgan fingerprint density at radius 2 is 1.82 bits per heavy atom. The quantitative estimate of drug-likeness (QED) is 0.712. The summed E-state index contributed by atoms with van der Waals surface area (Å²) in [6.07, 6.45) is 4.50. The molecule has 1 aliphatic rings. The molecule has 3 unspecified atom stereocenters. The van der Waals surface area contributed by atoms with Crippen molar-refractivity contribution >= 4 is 5.97 Å². The highest BCUT2D eigenvalue weighted by molar-refractivity contribution is 5.74. The number of hydrogen-bond donors (Lipinski definition) is 0. The van der Waals surface area contributed by atoms with Crippen molar-refractivity contribution in [2.75, 3.05) is 0 Å². The van der Waals surface area contributed by atoms with Crippen LogP contribution in [-0.4, -0.2) is 23.8 Å². The van der Waals surface area contributed by atoms with E-state index in [1.807, 2.05) is 20.8 Å². The third-order valence-electron chi connectivity index (χ3n) is 3.15. The zero-order valence-corrected chi connectivity index (χ0v) is 11.8. The topological polar surface area (TPSA) is 35.5 Å². The van der Waals surface area contributed by atoms with Gasteiger partial charge in [0.25, 0.3) is 0 Å². The van der Waals surface area contributed by atoms with E-state index >= 15 is 0 Å². The average molecular weight is 242 g/mol. The SMILES string of the molecule is CC(OC1CCCCC1C)C(=O)OC(C)(C)C. The van der Waals surface area contributed by atoms with E-state index in [1.54, 1.807) is 6.92 Å². The summed E-state index contributed by atoms with van der Waals surface area (Å²) >= 11 is 0. The van der Waals surface area contributed by atoms with Crippen LogP contribution in [0, 0.1) is 5.92 Å². The smallest absolute Gasteiger partial charge is 0.335 e. The molecular weight excluding hydrogens is 216 g/mol. The van der Waals surface area contributed by atoms with Crippen LogP contribution in [0.5, 0.6) is 0 Å². The van der Waals surface area contributed by atoms with Crippen molar-refractivity contribution in [3.05, 3.63) is 0 Å². The molecule has 17 heavy (non-hydrogen) atoms. The van der Waals surface area contributed by atoms with Gasteiger partial charge in [0, 0.05) is 0 Å². The summed E-state index contributed by atoms with van der Waals surface area (Å²) in [6.45, 7) is 9.61. The van der Waals surface area contributed by atoms with Crippen LogP contribution in [0.15, 0.2) is 0 Å². The third-order valence-corrected chi connectivity index (χ3v) is 3.15. The highest BCUT2D eigenvalue weighted by Crippen LogP contribution is 2.27. The molecular formula is C14H26O3. The van der Waals surface area contributed by atoms with Gasteiger partial charge >= 0.3 is 5.97 Å². The minimum atomic E-state index is -0.459. The number of rotatable bonds is 3. The van der Waals surface area contributed by atoms with Crippen molar-refractivity contribution in [1.82, 2.24) is 0 Å². The second-order valence-corrected chi connectivity index (χ2v) is 6.11. The fraction of sp³-hybridized carbons (Fsp3) is 0.929. The van der Waals surface area contributed by atoms with Crippen molar-refractivity contribution in [2.24, 2.45) is 5.92 Å². The number of hydrogen-bond acceptors (Lipinski definition) is 3. The molecule has 0 aromatic rings. The van der Waals surface area contributed by atoms with E-state index in [-0.39, 0.29) is 12.1 Å². The Morgan fingerprint density at radius 3 is 2.35 bits per heavy atom. The molecule has 0 aromatic heterocycles. The molecule has 1 rings (SSSR count). The summed E-state index contributed by atoms with van der Waals surface area (Å²) in [6, 6.07) is 0. The van der Waals surface area contributed by atoms with E-state index in [2.05, 4.69) is 6.92 Å². The summed E-state index contributed by atoms with van der Waals surface area (Å²) in [4.78, 5) is 11.8. The normalized spacial score (nSPS) is 27.6. The molecule has 1 saturated carbocycles. The van der Waals surface area contributed by atoms with E-state index in [9.17, 15) is 4.79 Å². The van der Waals surface area contributed by atoms with E-state index in [4.69, 9.17) is 9.47 Å². The first-order valence-electron chi connectivity index (χ1n) is 6.68. The van der Waals surface area contributed by atoms with Crippen LogP contribution >= 0.6 is 0 Å².